The molecule has 0 spiro atoms. The second-order valence-electron chi connectivity index (χ2n) is 8.31. The van der Waals surface area contributed by atoms with Gasteiger partial charge in [0.25, 0.3) is 0 Å². The average Bonchev–Trinajstić information content (AvgIpc) is 3.29. The summed E-state index contributed by atoms with van der Waals surface area (Å²) >= 11 is 0. The fourth-order valence-electron chi connectivity index (χ4n) is 4.42. The molecule has 172 valence electrons. The van der Waals surface area contributed by atoms with Crippen LogP contribution in [0.1, 0.15) is 34.7 Å². The quantitative estimate of drug-likeness (QED) is 0.577. The smallest absolute Gasteiger partial charge is 0.243 e. The summed E-state index contributed by atoms with van der Waals surface area (Å²) in [5, 5.41) is 3.22. The largest absolute Gasteiger partial charge is 0.486 e. The van der Waals surface area contributed by atoms with Gasteiger partial charge in [-0.15, -0.1) is 0 Å². The molecule has 1 aromatic heterocycles. The molecule has 33 heavy (non-hydrogen) atoms. The summed E-state index contributed by atoms with van der Waals surface area (Å²) in [6.07, 6.45) is 2.74. The molecule has 8 heteroatoms. The number of sulfonamides is 1. The Morgan fingerprint density at radius 3 is 2.55 bits per heavy atom. The molecule has 0 saturated heterocycles. The lowest BCUT2D eigenvalue weighted by Gasteiger charge is -2.20. The van der Waals surface area contributed by atoms with Crippen LogP contribution in [0.5, 0.6) is 11.5 Å². The number of nitrogens with one attached hydrogen (secondary N) is 1. The molecular formula is C25H27N3O4S. The highest BCUT2D eigenvalue weighted by atomic mass is 32.2. The highest BCUT2D eigenvalue weighted by Gasteiger charge is 2.32. The van der Waals surface area contributed by atoms with Crippen LogP contribution in [0, 0.1) is 0 Å². The van der Waals surface area contributed by atoms with Crippen LogP contribution in [0.3, 0.4) is 0 Å². The number of aromatic nitrogens is 1. The predicted molar refractivity (Wildman–Crippen MR) is 125 cm³/mol. The Labute approximate surface area is 194 Å². The maximum atomic E-state index is 13.4. The number of benzene rings is 2. The minimum atomic E-state index is -3.68. The van der Waals surface area contributed by atoms with Gasteiger partial charge in [0.05, 0.1) is 4.90 Å². The molecule has 1 atom stereocenters. The van der Waals surface area contributed by atoms with Gasteiger partial charge in [-0.1, -0.05) is 30.3 Å². The van der Waals surface area contributed by atoms with E-state index in [9.17, 15) is 8.42 Å². The van der Waals surface area contributed by atoms with Crippen LogP contribution < -0.4 is 14.8 Å². The van der Waals surface area contributed by atoms with Crippen LogP contribution in [-0.4, -0.2) is 44.5 Å². The van der Waals surface area contributed by atoms with E-state index >= 15 is 0 Å². The summed E-state index contributed by atoms with van der Waals surface area (Å²) in [4.78, 5) is 4.95. The van der Waals surface area contributed by atoms with Crippen LogP contribution in [0.25, 0.3) is 0 Å². The highest BCUT2D eigenvalue weighted by Crippen LogP contribution is 2.36. The molecule has 7 nitrogen and oxygen atoms in total. The lowest BCUT2D eigenvalue weighted by Crippen LogP contribution is -2.26. The Kier molecular flexibility index (Phi) is 6.05. The van der Waals surface area contributed by atoms with E-state index in [0.717, 1.165) is 29.8 Å². The molecule has 1 N–H and O–H groups in total. The Hall–Kier alpha value is -2.94. The van der Waals surface area contributed by atoms with Crippen LogP contribution in [-0.2, 0) is 23.1 Å². The molecule has 3 aromatic rings. The summed E-state index contributed by atoms with van der Waals surface area (Å²) < 4.78 is 39.3. The average molecular weight is 466 g/mol. The van der Waals surface area contributed by atoms with E-state index in [0.29, 0.717) is 37.8 Å². The number of nitrogens with zero attached hydrogens (tertiary/aromatic N) is 2. The minimum Gasteiger partial charge on any atom is -0.486 e. The van der Waals surface area contributed by atoms with Gasteiger partial charge in [0, 0.05) is 37.0 Å². The van der Waals surface area contributed by atoms with Crippen LogP contribution >= 0.6 is 0 Å². The summed E-state index contributed by atoms with van der Waals surface area (Å²) in [6, 6.07) is 17.2. The van der Waals surface area contributed by atoms with Crippen molar-refractivity contribution in [3.8, 4) is 11.5 Å². The van der Waals surface area contributed by atoms with Crippen LogP contribution in [0.2, 0.25) is 0 Å². The molecular weight excluding hydrogens is 438 g/mol. The number of ether oxygens (including phenoxy) is 2. The minimum absolute atomic E-state index is 0.146. The van der Waals surface area contributed by atoms with Gasteiger partial charge in [0.2, 0.25) is 10.0 Å². The fraction of sp³-hybridized carbons (Fsp3) is 0.320. The summed E-state index contributed by atoms with van der Waals surface area (Å²) in [5.74, 6) is 1.19. The lowest BCUT2D eigenvalue weighted by atomic mass is 9.91. The summed E-state index contributed by atoms with van der Waals surface area (Å²) in [6.45, 7) is 2.38. The molecule has 0 amide bonds. The lowest BCUT2D eigenvalue weighted by molar-refractivity contribution is 0.171. The summed E-state index contributed by atoms with van der Waals surface area (Å²) in [7, 11) is -1.74. The Morgan fingerprint density at radius 1 is 1.00 bits per heavy atom. The maximum absolute atomic E-state index is 13.4. The first-order chi connectivity index (χ1) is 16.1. The standard InChI is InChI=1S/C25H27N3O4S/c1-26-10-9-22(18-5-3-2-4-6-18)23-13-19-16-28(17-20(19)15-27-23)33(29,30)21-7-8-24-25(14-21)32-12-11-31-24/h2-8,13-15,22,26H,9-12,16-17H2,1H3. The van der Waals surface area contributed by atoms with Crippen molar-refractivity contribution in [3.63, 3.8) is 0 Å². The zero-order valence-electron chi connectivity index (χ0n) is 18.5. The Morgan fingerprint density at radius 2 is 1.76 bits per heavy atom. The van der Waals surface area contributed by atoms with E-state index in [2.05, 4.69) is 23.5 Å². The van der Waals surface area contributed by atoms with Crippen molar-refractivity contribution in [1.29, 1.82) is 0 Å². The second-order valence-corrected chi connectivity index (χ2v) is 10.2. The molecule has 0 radical (unpaired) electrons. The van der Waals surface area contributed by atoms with Gasteiger partial charge in [-0.25, -0.2) is 8.42 Å². The van der Waals surface area contributed by atoms with E-state index in [1.165, 1.54) is 9.87 Å². The molecule has 0 saturated carbocycles. The Balaban J connectivity index is 1.41. The number of hydrogen-bond donors (Lipinski definition) is 1. The number of fused-ring (bicyclic) bond motifs is 2. The van der Waals surface area contributed by atoms with Crippen molar-refractivity contribution >= 4 is 10.0 Å². The third kappa shape index (κ3) is 4.34. The molecule has 3 heterocycles. The summed E-state index contributed by atoms with van der Waals surface area (Å²) in [5.41, 5.74) is 4.12. The van der Waals surface area contributed by atoms with Crippen molar-refractivity contribution in [1.82, 2.24) is 14.6 Å². The molecule has 1 unspecified atom stereocenters. The topological polar surface area (TPSA) is 80.8 Å². The van der Waals surface area contributed by atoms with Crippen molar-refractivity contribution < 1.29 is 17.9 Å². The van der Waals surface area contributed by atoms with Gasteiger partial charge in [0.1, 0.15) is 13.2 Å². The highest BCUT2D eigenvalue weighted by molar-refractivity contribution is 7.89. The molecule has 5 rings (SSSR count). The molecule has 2 aliphatic heterocycles. The van der Waals surface area contributed by atoms with Gasteiger partial charge in [-0.3, -0.25) is 4.98 Å². The van der Waals surface area contributed by atoms with E-state index < -0.39 is 10.0 Å². The monoisotopic (exact) mass is 465 g/mol. The first kappa shape index (κ1) is 21.9. The van der Waals surface area contributed by atoms with Gasteiger partial charge in [-0.05, 0) is 54.9 Å². The zero-order chi connectivity index (χ0) is 22.8. The first-order valence-electron chi connectivity index (χ1n) is 11.1. The second kappa shape index (κ2) is 9.13. The normalized spacial score (nSPS) is 16.4. The number of hydrogen-bond acceptors (Lipinski definition) is 6. The van der Waals surface area contributed by atoms with Crippen molar-refractivity contribution in [3.05, 3.63) is 83.2 Å². The van der Waals surface area contributed by atoms with E-state index in [4.69, 9.17) is 14.5 Å². The van der Waals surface area contributed by atoms with Gasteiger partial charge < -0.3 is 14.8 Å². The van der Waals surface area contributed by atoms with Gasteiger partial charge in [0.15, 0.2) is 11.5 Å². The zero-order valence-corrected chi connectivity index (χ0v) is 19.3. The van der Waals surface area contributed by atoms with E-state index in [1.54, 1.807) is 18.2 Å². The molecule has 2 aromatic carbocycles. The van der Waals surface area contributed by atoms with Crippen molar-refractivity contribution in [2.24, 2.45) is 0 Å². The molecule has 0 fully saturated rings. The van der Waals surface area contributed by atoms with Crippen LogP contribution in [0.4, 0.5) is 0 Å². The van der Waals surface area contributed by atoms with Gasteiger partial charge >= 0.3 is 0 Å². The fourth-order valence-corrected chi connectivity index (χ4v) is 5.83. The van der Waals surface area contributed by atoms with Crippen molar-refractivity contribution in [2.75, 3.05) is 26.8 Å². The van der Waals surface area contributed by atoms with E-state index in [1.807, 2.05) is 31.4 Å². The predicted octanol–water partition coefficient (Wildman–Crippen LogP) is 3.30. The molecule has 2 aliphatic rings. The van der Waals surface area contributed by atoms with Crippen molar-refractivity contribution in [2.45, 2.75) is 30.3 Å². The molecule has 0 aliphatic carbocycles. The number of pyridine rings is 1. The SMILES string of the molecule is CNCCC(c1ccccc1)c1cc2c(cn1)CN(S(=O)(=O)c1ccc3c(c1)OCCO3)C2. The van der Waals surface area contributed by atoms with E-state index in [-0.39, 0.29) is 10.8 Å². The Bertz CT molecular complexity index is 1250. The first-order valence-corrected chi connectivity index (χ1v) is 12.6. The maximum Gasteiger partial charge on any atom is 0.243 e. The number of rotatable bonds is 7. The third-order valence-electron chi connectivity index (χ3n) is 6.19. The van der Waals surface area contributed by atoms with Crippen LogP contribution in [0.15, 0.2) is 65.7 Å². The van der Waals surface area contributed by atoms with Gasteiger partial charge in [-0.2, -0.15) is 4.31 Å². The molecule has 0 bridgehead atoms. The third-order valence-corrected chi connectivity index (χ3v) is 7.98.